The van der Waals surface area contributed by atoms with Gasteiger partial charge >= 0.3 is 0 Å². The smallest absolute Gasteiger partial charge is 0.0471 e. The van der Waals surface area contributed by atoms with Crippen molar-refractivity contribution in [3.8, 4) is 0 Å². The molecule has 0 atom stereocenters. The fourth-order valence-corrected chi connectivity index (χ4v) is 3.52. The van der Waals surface area contributed by atoms with Crippen LogP contribution in [0, 0.1) is 0 Å². The van der Waals surface area contributed by atoms with E-state index in [2.05, 4.69) is 64.5 Å². The highest BCUT2D eigenvalue weighted by Crippen LogP contribution is 2.23. The van der Waals surface area contributed by atoms with Crippen molar-refractivity contribution >= 4 is 27.7 Å². The molecule has 27 heavy (non-hydrogen) atoms. The first-order chi connectivity index (χ1) is 13.2. The van der Waals surface area contributed by atoms with E-state index in [1.807, 2.05) is 42.1 Å². The number of rotatable bonds is 7. The minimum absolute atomic E-state index is 0.219. The van der Waals surface area contributed by atoms with Crippen LogP contribution in [0.3, 0.4) is 0 Å². The van der Waals surface area contributed by atoms with Crippen LogP contribution in [0.2, 0.25) is 0 Å². The first-order valence-electron chi connectivity index (χ1n) is 8.93. The van der Waals surface area contributed by atoms with Gasteiger partial charge in [0.1, 0.15) is 0 Å². The van der Waals surface area contributed by atoms with E-state index in [4.69, 9.17) is 10.2 Å². The van der Waals surface area contributed by atoms with Gasteiger partial charge in [0, 0.05) is 28.3 Å². The Morgan fingerprint density at radius 2 is 1.15 bits per heavy atom. The minimum atomic E-state index is 0.219. The van der Waals surface area contributed by atoms with E-state index in [-0.39, 0.29) is 13.2 Å². The van der Waals surface area contributed by atoms with Gasteiger partial charge in [-0.15, -0.1) is 11.8 Å². The second-order valence-electron chi connectivity index (χ2n) is 5.99. The maximum Gasteiger partial charge on any atom is 0.0471 e. The number of halogens is 1. The third-order valence-electron chi connectivity index (χ3n) is 3.89. The van der Waals surface area contributed by atoms with Crippen molar-refractivity contribution in [2.45, 2.75) is 23.5 Å². The summed E-state index contributed by atoms with van der Waals surface area (Å²) in [6.45, 7) is 0.443. The van der Waals surface area contributed by atoms with Crippen LogP contribution in [-0.2, 0) is 18.6 Å². The summed E-state index contributed by atoms with van der Waals surface area (Å²) in [4.78, 5) is 1.27. The Morgan fingerprint density at radius 3 is 1.67 bits per heavy atom. The van der Waals surface area contributed by atoms with Gasteiger partial charge in [0.25, 0.3) is 0 Å². The van der Waals surface area contributed by atoms with Crippen LogP contribution in [0.1, 0.15) is 16.7 Å². The van der Waals surface area contributed by atoms with Crippen molar-refractivity contribution in [1.29, 1.82) is 0 Å². The molecule has 0 aliphatic rings. The molecule has 0 unspecified atom stereocenters. The van der Waals surface area contributed by atoms with Crippen LogP contribution in [0.5, 0.6) is 0 Å². The van der Waals surface area contributed by atoms with Gasteiger partial charge < -0.3 is 10.2 Å². The van der Waals surface area contributed by atoms with E-state index in [1.54, 1.807) is 0 Å². The Kier molecular flexibility index (Phi) is 10.2. The zero-order chi connectivity index (χ0) is 19.3. The summed E-state index contributed by atoms with van der Waals surface area (Å²) in [6, 6.07) is 26.8. The van der Waals surface area contributed by atoms with Crippen molar-refractivity contribution in [1.82, 2.24) is 0 Å². The molecule has 142 valence electrons. The van der Waals surface area contributed by atoms with Gasteiger partial charge in [0.2, 0.25) is 0 Å². The molecular formula is C23H25BrO2S. The van der Waals surface area contributed by atoms with Gasteiger partial charge in [-0.05, 0) is 53.8 Å². The monoisotopic (exact) mass is 444 g/mol. The summed E-state index contributed by atoms with van der Waals surface area (Å²) in [6.07, 6.45) is 1.48. The molecular weight excluding hydrogens is 420 g/mol. The molecule has 0 heterocycles. The summed E-state index contributed by atoms with van der Waals surface area (Å²) in [5, 5.41) is 17.4. The highest BCUT2D eigenvalue weighted by Gasteiger charge is 1.97. The van der Waals surface area contributed by atoms with Gasteiger partial charge in [0.15, 0.2) is 0 Å². The third-order valence-corrected chi connectivity index (χ3v) is 5.50. The topological polar surface area (TPSA) is 40.5 Å². The molecule has 0 bridgehead atoms. The Balaban J connectivity index is 0.000000223. The SMILES string of the molecule is OCCc1ccc(Br)cc1.OCCc1ccc(SCc2ccccc2)cc1. The summed E-state index contributed by atoms with van der Waals surface area (Å²) < 4.78 is 1.08. The Morgan fingerprint density at radius 1 is 0.630 bits per heavy atom. The Labute approximate surface area is 174 Å². The molecule has 3 aromatic carbocycles. The highest BCUT2D eigenvalue weighted by molar-refractivity contribution is 9.10. The Hall–Kier alpha value is -1.59. The maximum absolute atomic E-state index is 8.84. The van der Waals surface area contributed by atoms with E-state index < -0.39 is 0 Å². The number of benzene rings is 3. The normalized spacial score (nSPS) is 10.2. The predicted molar refractivity (Wildman–Crippen MR) is 118 cm³/mol. The number of thioether (sulfide) groups is 1. The molecule has 0 aliphatic carbocycles. The summed E-state index contributed by atoms with van der Waals surface area (Å²) in [5.74, 6) is 1.00. The van der Waals surface area contributed by atoms with Crippen molar-refractivity contribution in [3.05, 3.63) is 100 Å². The van der Waals surface area contributed by atoms with Crippen LogP contribution in [-0.4, -0.2) is 23.4 Å². The molecule has 3 aromatic rings. The standard InChI is InChI=1S/C15H16OS.C8H9BrO/c16-11-10-13-6-8-15(9-7-13)17-12-14-4-2-1-3-5-14;9-8-3-1-7(2-4-8)5-6-10/h1-9,16H,10-12H2;1-4,10H,5-6H2. The van der Waals surface area contributed by atoms with Crippen LogP contribution in [0.4, 0.5) is 0 Å². The second kappa shape index (κ2) is 12.7. The summed E-state index contributed by atoms with van der Waals surface area (Å²) in [7, 11) is 0. The lowest BCUT2D eigenvalue weighted by Gasteiger charge is -2.03. The van der Waals surface area contributed by atoms with E-state index in [9.17, 15) is 0 Å². The predicted octanol–water partition coefficient (Wildman–Crippen LogP) is 5.50. The van der Waals surface area contributed by atoms with E-state index >= 15 is 0 Å². The van der Waals surface area contributed by atoms with Crippen molar-refractivity contribution in [3.63, 3.8) is 0 Å². The molecule has 0 fully saturated rings. The van der Waals surface area contributed by atoms with Gasteiger partial charge in [-0.1, -0.05) is 70.5 Å². The highest BCUT2D eigenvalue weighted by atomic mass is 79.9. The van der Waals surface area contributed by atoms with Crippen LogP contribution in [0.25, 0.3) is 0 Å². The number of hydrogen-bond acceptors (Lipinski definition) is 3. The maximum atomic E-state index is 8.84. The third kappa shape index (κ3) is 8.76. The average Bonchev–Trinajstić information content (AvgIpc) is 2.71. The molecule has 0 aliphatic heterocycles. The molecule has 0 amide bonds. The van der Waals surface area contributed by atoms with Crippen LogP contribution >= 0.6 is 27.7 Å². The number of aliphatic hydroxyl groups is 2. The molecule has 4 heteroatoms. The molecule has 0 radical (unpaired) electrons. The van der Waals surface area contributed by atoms with Gasteiger partial charge in [0.05, 0.1) is 0 Å². The van der Waals surface area contributed by atoms with E-state index in [0.717, 1.165) is 23.1 Å². The van der Waals surface area contributed by atoms with Gasteiger partial charge in [-0.25, -0.2) is 0 Å². The summed E-state index contributed by atoms with van der Waals surface area (Å²) >= 11 is 5.17. The molecule has 0 spiro atoms. The van der Waals surface area contributed by atoms with Crippen LogP contribution in [0.15, 0.2) is 88.2 Å². The quantitative estimate of drug-likeness (QED) is 0.472. The summed E-state index contributed by atoms with van der Waals surface area (Å²) in [5.41, 5.74) is 3.71. The lowest BCUT2D eigenvalue weighted by molar-refractivity contribution is 0.299. The fraction of sp³-hybridized carbons (Fsp3) is 0.217. The lowest BCUT2D eigenvalue weighted by Crippen LogP contribution is -1.89. The second-order valence-corrected chi connectivity index (χ2v) is 7.96. The van der Waals surface area contributed by atoms with Crippen molar-refractivity contribution in [2.24, 2.45) is 0 Å². The van der Waals surface area contributed by atoms with Crippen LogP contribution < -0.4 is 0 Å². The molecule has 0 saturated heterocycles. The largest absolute Gasteiger partial charge is 0.396 e. The zero-order valence-electron chi connectivity index (χ0n) is 15.2. The van der Waals surface area contributed by atoms with Gasteiger partial charge in [-0.3, -0.25) is 0 Å². The van der Waals surface area contributed by atoms with E-state index in [1.165, 1.54) is 21.6 Å². The first-order valence-corrected chi connectivity index (χ1v) is 10.7. The fourth-order valence-electron chi connectivity index (χ4n) is 2.40. The van der Waals surface area contributed by atoms with Gasteiger partial charge in [-0.2, -0.15) is 0 Å². The zero-order valence-corrected chi connectivity index (χ0v) is 17.6. The number of aliphatic hydroxyl groups excluding tert-OH is 2. The molecule has 0 aromatic heterocycles. The molecule has 2 N–H and O–H groups in total. The molecule has 2 nitrogen and oxygen atoms in total. The Bertz CT molecular complexity index is 759. The molecule has 0 saturated carbocycles. The van der Waals surface area contributed by atoms with Crippen molar-refractivity contribution < 1.29 is 10.2 Å². The average molecular weight is 445 g/mol. The molecule has 3 rings (SSSR count). The van der Waals surface area contributed by atoms with E-state index in [0.29, 0.717) is 0 Å². The number of hydrogen-bond donors (Lipinski definition) is 2. The van der Waals surface area contributed by atoms with Crippen molar-refractivity contribution in [2.75, 3.05) is 13.2 Å². The lowest BCUT2D eigenvalue weighted by atomic mass is 10.2. The first kappa shape index (κ1) is 21.7. The minimum Gasteiger partial charge on any atom is -0.396 e.